The molecule has 0 aliphatic rings. The van der Waals surface area contributed by atoms with E-state index in [9.17, 15) is 18.0 Å². The number of hydrogen-bond acceptors (Lipinski definition) is 2. The summed E-state index contributed by atoms with van der Waals surface area (Å²) in [5, 5.41) is 2.55. The number of aryl methyl sites for hydroxylation is 2. The van der Waals surface area contributed by atoms with E-state index in [0.29, 0.717) is 6.42 Å². The van der Waals surface area contributed by atoms with Crippen LogP contribution in [0.5, 0.6) is 0 Å². The second-order valence-electron chi connectivity index (χ2n) is 6.03. The van der Waals surface area contributed by atoms with Gasteiger partial charge in [-0.3, -0.25) is 4.79 Å². The number of halogens is 3. The Morgan fingerprint density at radius 3 is 2.62 bits per heavy atom. The SMILES string of the molecule is CCc1nc2ccccc2n1CC(=O)Nc1ccc(C)c(C(F)(F)F)c1. The van der Waals surface area contributed by atoms with Crippen LogP contribution in [-0.2, 0) is 23.9 Å². The molecule has 26 heavy (non-hydrogen) atoms. The average molecular weight is 361 g/mol. The van der Waals surface area contributed by atoms with Crippen LogP contribution in [0.1, 0.15) is 23.9 Å². The molecule has 0 saturated heterocycles. The fourth-order valence-electron chi connectivity index (χ4n) is 2.92. The van der Waals surface area contributed by atoms with Crippen LogP contribution < -0.4 is 5.32 Å². The van der Waals surface area contributed by atoms with Crippen LogP contribution in [0.3, 0.4) is 0 Å². The van der Waals surface area contributed by atoms with Crippen molar-refractivity contribution >= 4 is 22.6 Å². The van der Waals surface area contributed by atoms with Crippen LogP contribution >= 0.6 is 0 Å². The molecule has 0 spiro atoms. The lowest BCUT2D eigenvalue weighted by Crippen LogP contribution is -2.20. The highest BCUT2D eigenvalue weighted by molar-refractivity contribution is 5.92. The number of carbonyl (C=O) groups is 1. The van der Waals surface area contributed by atoms with Gasteiger partial charge in [0.2, 0.25) is 5.91 Å². The highest BCUT2D eigenvalue weighted by Crippen LogP contribution is 2.33. The van der Waals surface area contributed by atoms with Crippen LogP contribution in [-0.4, -0.2) is 15.5 Å². The number of fused-ring (bicyclic) bond motifs is 1. The van der Waals surface area contributed by atoms with Crippen molar-refractivity contribution in [2.75, 3.05) is 5.32 Å². The molecule has 0 aliphatic carbocycles. The number of hydrogen-bond donors (Lipinski definition) is 1. The number of amides is 1. The van der Waals surface area contributed by atoms with E-state index in [0.717, 1.165) is 22.9 Å². The molecule has 7 heteroatoms. The van der Waals surface area contributed by atoms with E-state index in [1.165, 1.54) is 19.1 Å². The van der Waals surface area contributed by atoms with Gasteiger partial charge in [-0.1, -0.05) is 25.1 Å². The van der Waals surface area contributed by atoms with Crippen molar-refractivity contribution in [3.8, 4) is 0 Å². The van der Waals surface area contributed by atoms with E-state index in [-0.39, 0.29) is 17.8 Å². The second kappa shape index (κ2) is 6.82. The number of nitrogens with zero attached hydrogens (tertiary/aromatic N) is 2. The summed E-state index contributed by atoms with van der Waals surface area (Å²) in [7, 11) is 0. The van der Waals surface area contributed by atoms with E-state index in [1.807, 2.05) is 31.2 Å². The fourth-order valence-corrected chi connectivity index (χ4v) is 2.92. The molecule has 0 atom stereocenters. The quantitative estimate of drug-likeness (QED) is 0.740. The molecule has 3 rings (SSSR count). The Morgan fingerprint density at radius 2 is 1.92 bits per heavy atom. The smallest absolute Gasteiger partial charge is 0.325 e. The number of alkyl halides is 3. The van der Waals surface area contributed by atoms with Crippen LogP contribution in [0.15, 0.2) is 42.5 Å². The Labute approximate surface area is 148 Å². The summed E-state index contributed by atoms with van der Waals surface area (Å²) in [5.41, 5.74) is 1.09. The molecule has 136 valence electrons. The normalized spacial score (nSPS) is 11.7. The topological polar surface area (TPSA) is 46.9 Å². The maximum Gasteiger partial charge on any atom is 0.416 e. The van der Waals surface area contributed by atoms with E-state index in [2.05, 4.69) is 10.3 Å². The zero-order valence-corrected chi connectivity index (χ0v) is 14.4. The Morgan fingerprint density at radius 1 is 1.19 bits per heavy atom. The van der Waals surface area contributed by atoms with Gasteiger partial charge < -0.3 is 9.88 Å². The third-order valence-corrected chi connectivity index (χ3v) is 4.18. The van der Waals surface area contributed by atoms with E-state index in [1.54, 1.807) is 4.57 Å². The third kappa shape index (κ3) is 3.56. The van der Waals surface area contributed by atoms with Gasteiger partial charge in [0.25, 0.3) is 0 Å². The molecular formula is C19H18F3N3O. The van der Waals surface area contributed by atoms with E-state index >= 15 is 0 Å². The molecule has 0 saturated carbocycles. The summed E-state index contributed by atoms with van der Waals surface area (Å²) in [6.45, 7) is 3.31. The Kier molecular flexibility index (Phi) is 4.71. The standard InChI is InChI=1S/C19H18F3N3O/c1-3-17-24-15-6-4-5-7-16(15)25(17)11-18(26)23-13-9-8-12(2)14(10-13)19(20,21)22/h4-10H,3,11H2,1-2H3,(H,23,26). The first-order valence-electron chi connectivity index (χ1n) is 8.21. The first-order chi connectivity index (χ1) is 12.3. The van der Waals surface area contributed by atoms with Crippen molar-refractivity contribution in [2.45, 2.75) is 33.0 Å². The summed E-state index contributed by atoms with van der Waals surface area (Å²) >= 11 is 0. The van der Waals surface area contributed by atoms with Crippen molar-refractivity contribution < 1.29 is 18.0 Å². The largest absolute Gasteiger partial charge is 0.416 e. The fraction of sp³-hybridized carbons (Fsp3) is 0.263. The number of rotatable bonds is 4. The van der Waals surface area contributed by atoms with Gasteiger partial charge in [0.1, 0.15) is 12.4 Å². The summed E-state index contributed by atoms with van der Waals surface area (Å²) < 4.78 is 40.8. The number of nitrogens with one attached hydrogen (secondary N) is 1. The van der Waals surface area contributed by atoms with Crippen LogP contribution in [0.25, 0.3) is 11.0 Å². The maximum atomic E-state index is 13.0. The van der Waals surface area contributed by atoms with Gasteiger partial charge in [0.05, 0.1) is 16.6 Å². The monoisotopic (exact) mass is 361 g/mol. The molecule has 3 aromatic rings. The minimum Gasteiger partial charge on any atom is -0.325 e. The lowest BCUT2D eigenvalue weighted by atomic mass is 10.1. The molecular weight excluding hydrogens is 343 g/mol. The predicted octanol–water partition coefficient (Wildman–Crippen LogP) is 4.56. The van der Waals surface area contributed by atoms with Gasteiger partial charge in [0, 0.05) is 12.1 Å². The number of benzene rings is 2. The predicted molar refractivity (Wildman–Crippen MR) is 93.9 cm³/mol. The maximum absolute atomic E-state index is 13.0. The Hall–Kier alpha value is -2.83. The minimum atomic E-state index is -4.46. The zero-order chi connectivity index (χ0) is 18.9. The lowest BCUT2D eigenvalue weighted by Gasteiger charge is -2.13. The van der Waals surface area contributed by atoms with Crippen molar-refractivity contribution in [1.82, 2.24) is 9.55 Å². The van der Waals surface area contributed by atoms with Crippen LogP contribution in [0, 0.1) is 6.92 Å². The molecule has 2 aromatic carbocycles. The zero-order valence-electron chi connectivity index (χ0n) is 14.4. The van der Waals surface area contributed by atoms with Crippen LogP contribution in [0.2, 0.25) is 0 Å². The number of anilines is 1. The molecule has 1 aromatic heterocycles. The number of aromatic nitrogens is 2. The molecule has 0 radical (unpaired) electrons. The third-order valence-electron chi connectivity index (χ3n) is 4.18. The highest BCUT2D eigenvalue weighted by atomic mass is 19.4. The van der Waals surface area contributed by atoms with Gasteiger partial charge in [-0.05, 0) is 36.8 Å². The van der Waals surface area contributed by atoms with Crippen molar-refractivity contribution in [3.63, 3.8) is 0 Å². The van der Waals surface area contributed by atoms with Gasteiger partial charge in [-0.25, -0.2) is 4.98 Å². The van der Waals surface area contributed by atoms with Crippen molar-refractivity contribution in [1.29, 1.82) is 0 Å². The van der Waals surface area contributed by atoms with Gasteiger partial charge in [-0.15, -0.1) is 0 Å². The lowest BCUT2D eigenvalue weighted by molar-refractivity contribution is -0.138. The van der Waals surface area contributed by atoms with Gasteiger partial charge in [-0.2, -0.15) is 13.2 Å². The molecule has 0 unspecified atom stereocenters. The molecule has 0 bridgehead atoms. The van der Waals surface area contributed by atoms with Crippen molar-refractivity contribution in [2.24, 2.45) is 0 Å². The Bertz CT molecular complexity index is 960. The number of imidazole rings is 1. The minimum absolute atomic E-state index is 0.0150. The first kappa shape index (κ1) is 18.0. The van der Waals surface area contributed by atoms with Crippen molar-refractivity contribution in [3.05, 3.63) is 59.4 Å². The molecule has 4 nitrogen and oxygen atoms in total. The number of para-hydroxylation sites is 2. The first-order valence-corrected chi connectivity index (χ1v) is 8.21. The van der Waals surface area contributed by atoms with Gasteiger partial charge in [0.15, 0.2) is 0 Å². The van der Waals surface area contributed by atoms with Gasteiger partial charge >= 0.3 is 6.18 Å². The molecule has 1 amide bonds. The molecule has 1 N–H and O–H groups in total. The van der Waals surface area contributed by atoms with E-state index < -0.39 is 17.6 Å². The van der Waals surface area contributed by atoms with E-state index in [4.69, 9.17) is 0 Å². The summed E-state index contributed by atoms with van der Waals surface area (Å²) in [6.07, 6.45) is -3.81. The average Bonchev–Trinajstić information content (AvgIpc) is 2.93. The molecule has 0 aliphatic heterocycles. The number of carbonyl (C=O) groups excluding carboxylic acids is 1. The summed E-state index contributed by atoms with van der Waals surface area (Å²) in [6, 6.07) is 11.2. The summed E-state index contributed by atoms with van der Waals surface area (Å²) in [5.74, 6) is 0.348. The summed E-state index contributed by atoms with van der Waals surface area (Å²) in [4.78, 5) is 16.9. The Balaban J connectivity index is 1.84. The second-order valence-corrected chi connectivity index (χ2v) is 6.03. The molecule has 0 fully saturated rings. The molecule has 1 heterocycles. The van der Waals surface area contributed by atoms with Crippen LogP contribution in [0.4, 0.5) is 18.9 Å². The highest BCUT2D eigenvalue weighted by Gasteiger charge is 2.32.